The molecule has 0 saturated heterocycles. The fourth-order valence-corrected chi connectivity index (χ4v) is 3.97. The van der Waals surface area contributed by atoms with Crippen molar-refractivity contribution in [2.75, 3.05) is 12.1 Å². The van der Waals surface area contributed by atoms with E-state index in [0.717, 1.165) is 52.3 Å². The molecule has 1 N–H and O–H groups in total. The summed E-state index contributed by atoms with van der Waals surface area (Å²) < 4.78 is 10.9. The molecule has 1 aliphatic carbocycles. The van der Waals surface area contributed by atoms with Crippen LogP contribution >= 0.6 is 0 Å². The van der Waals surface area contributed by atoms with Gasteiger partial charge in [-0.3, -0.25) is 4.79 Å². The fraction of sp³-hybridized carbons (Fsp3) is 0.240. The fourth-order valence-electron chi connectivity index (χ4n) is 3.97. The summed E-state index contributed by atoms with van der Waals surface area (Å²) in [7, 11) is 0. The molecule has 1 aliphatic heterocycles. The van der Waals surface area contributed by atoms with E-state index in [1.807, 2.05) is 25.1 Å². The molecule has 0 spiro atoms. The minimum absolute atomic E-state index is 0.0425. The molecule has 4 nitrogen and oxygen atoms in total. The quantitative estimate of drug-likeness (QED) is 0.657. The van der Waals surface area contributed by atoms with Gasteiger partial charge >= 0.3 is 0 Å². The Bertz CT molecular complexity index is 1110. The molecule has 0 unspecified atom stereocenters. The molecule has 146 valence electrons. The zero-order chi connectivity index (χ0) is 20.0. The molecule has 1 saturated carbocycles. The number of hydrogen-bond donors (Lipinski definition) is 1. The molecule has 5 rings (SSSR count). The van der Waals surface area contributed by atoms with Crippen molar-refractivity contribution < 1.29 is 14.3 Å². The number of rotatable bonds is 4. The van der Waals surface area contributed by atoms with Gasteiger partial charge in [0, 0.05) is 5.69 Å². The van der Waals surface area contributed by atoms with Crippen LogP contribution in [0.2, 0.25) is 0 Å². The predicted molar refractivity (Wildman–Crippen MR) is 113 cm³/mol. The summed E-state index contributed by atoms with van der Waals surface area (Å²) >= 11 is 0. The summed E-state index contributed by atoms with van der Waals surface area (Å²) in [5.74, 6) is 1.51. The first kappa shape index (κ1) is 17.8. The standard InChI is InChI=1S/C25H23NO3/c1-16-4-3-5-18(12-16)19-7-6-17(2)21(13-19)26-24(27)25(10-11-25)20-8-9-22-23(14-20)29-15-28-22/h3-9,12-14H,10-11,15H2,1-2H3,(H,26,27). The summed E-state index contributed by atoms with van der Waals surface area (Å²) in [6.07, 6.45) is 1.68. The normalized spacial score (nSPS) is 15.8. The molecule has 4 heteroatoms. The average Bonchev–Trinajstić information content (AvgIpc) is 3.40. The Balaban J connectivity index is 1.43. The van der Waals surface area contributed by atoms with Gasteiger partial charge in [-0.15, -0.1) is 0 Å². The number of aryl methyl sites for hydroxylation is 2. The van der Waals surface area contributed by atoms with Crippen molar-refractivity contribution in [3.05, 3.63) is 77.4 Å². The van der Waals surface area contributed by atoms with Gasteiger partial charge in [-0.05, 0) is 67.1 Å². The molecule has 0 aromatic heterocycles. The van der Waals surface area contributed by atoms with E-state index in [2.05, 4.69) is 54.7 Å². The van der Waals surface area contributed by atoms with Gasteiger partial charge in [0.1, 0.15) is 0 Å². The summed E-state index contributed by atoms with van der Waals surface area (Å²) in [4.78, 5) is 13.3. The van der Waals surface area contributed by atoms with Crippen molar-refractivity contribution in [1.29, 1.82) is 0 Å². The van der Waals surface area contributed by atoms with E-state index in [1.54, 1.807) is 0 Å². The summed E-state index contributed by atoms with van der Waals surface area (Å²) in [5, 5.41) is 3.19. The Morgan fingerprint density at radius 3 is 2.48 bits per heavy atom. The maximum Gasteiger partial charge on any atom is 0.235 e. The van der Waals surface area contributed by atoms with E-state index in [-0.39, 0.29) is 12.7 Å². The topological polar surface area (TPSA) is 47.6 Å². The van der Waals surface area contributed by atoms with Crippen LogP contribution in [0.1, 0.15) is 29.5 Å². The van der Waals surface area contributed by atoms with Gasteiger partial charge in [-0.25, -0.2) is 0 Å². The highest BCUT2D eigenvalue weighted by atomic mass is 16.7. The van der Waals surface area contributed by atoms with Crippen molar-refractivity contribution in [3.8, 4) is 22.6 Å². The second-order valence-corrected chi connectivity index (χ2v) is 8.00. The Morgan fingerprint density at radius 1 is 0.897 bits per heavy atom. The third-order valence-electron chi connectivity index (χ3n) is 5.95. The van der Waals surface area contributed by atoms with E-state index in [1.165, 1.54) is 5.56 Å². The number of fused-ring (bicyclic) bond motifs is 1. The first-order valence-electron chi connectivity index (χ1n) is 9.94. The molecule has 1 fully saturated rings. The van der Waals surface area contributed by atoms with Crippen LogP contribution in [0, 0.1) is 13.8 Å². The number of carbonyl (C=O) groups excluding carboxylic acids is 1. The van der Waals surface area contributed by atoms with Crippen LogP contribution in [-0.4, -0.2) is 12.7 Å². The third-order valence-corrected chi connectivity index (χ3v) is 5.95. The van der Waals surface area contributed by atoms with E-state index in [9.17, 15) is 4.79 Å². The van der Waals surface area contributed by atoms with Crippen LogP contribution < -0.4 is 14.8 Å². The van der Waals surface area contributed by atoms with E-state index in [4.69, 9.17) is 9.47 Å². The summed E-state index contributed by atoms with van der Waals surface area (Å²) in [6.45, 7) is 4.35. The highest BCUT2D eigenvalue weighted by molar-refractivity contribution is 6.02. The van der Waals surface area contributed by atoms with Crippen LogP contribution in [0.5, 0.6) is 11.5 Å². The van der Waals surface area contributed by atoms with Crippen molar-refractivity contribution in [2.24, 2.45) is 0 Å². The molecule has 2 aliphatic rings. The van der Waals surface area contributed by atoms with Crippen molar-refractivity contribution in [1.82, 2.24) is 0 Å². The molecule has 1 heterocycles. The van der Waals surface area contributed by atoms with Gasteiger partial charge in [-0.1, -0.05) is 48.0 Å². The predicted octanol–water partition coefficient (Wildman–Crippen LogP) is 5.37. The van der Waals surface area contributed by atoms with Gasteiger partial charge in [0.2, 0.25) is 12.7 Å². The van der Waals surface area contributed by atoms with Crippen LogP contribution in [0.3, 0.4) is 0 Å². The number of carbonyl (C=O) groups is 1. The van der Waals surface area contributed by atoms with Crippen LogP contribution in [0.4, 0.5) is 5.69 Å². The third kappa shape index (κ3) is 3.15. The van der Waals surface area contributed by atoms with Crippen LogP contribution in [0.15, 0.2) is 60.7 Å². The van der Waals surface area contributed by atoms with E-state index < -0.39 is 5.41 Å². The molecule has 0 atom stereocenters. The average molecular weight is 385 g/mol. The molecule has 0 radical (unpaired) electrons. The van der Waals surface area contributed by atoms with Crippen molar-refractivity contribution in [3.63, 3.8) is 0 Å². The minimum atomic E-state index is -0.479. The van der Waals surface area contributed by atoms with Gasteiger partial charge in [0.15, 0.2) is 11.5 Å². The number of anilines is 1. The number of nitrogens with one attached hydrogen (secondary N) is 1. The van der Waals surface area contributed by atoms with Crippen LogP contribution in [-0.2, 0) is 10.2 Å². The number of amides is 1. The SMILES string of the molecule is Cc1cccc(-c2ccc(C)c(NC(=O)C3(c4ccc5c(c4)OCO5)CC3)c2)c1. The lowest BCUT2D eigenvalue weighted by Gasteiger charge is -2.18. The highest BCUT2D eigenvalue weighted by Crippen LogP contribution is 2.51. The Kier molecular flexibility index (Phi) is 4.09. The summed E-state index contributed by atoms with van der Waals surface area (Å²) in [5.41, 5.74) is 5.89. The number of ether oxygens (including phenoxy) is 2. The zero-order valence-corrected chi connectivity index (χ0v) is 16.6. The molecular weight excluding hydrogens is 362 g/mol. The Labute approximate surface area is 170 Å². The maximum atomic E-state index is 13.3. The van der Waals surface area contributed by atoms with Crippen LogP contribution in [0.25, 0.3) is 11.1 Å². The lowest BCUT2D eigenvalue weighted by Crippen LogP contribution is -2.28. The van der Waals surface area contributed by atoms with Gasteiger partial charge in [-0.2, -0.15) is 0 Å². The molecule has 3 aromatic rings. The van der Waals surface area contributed by atoms with Crippen molar-refractivity contribution in [2.45, 2.75) is 32.1 Å². The molecular formula is C25H23NO3. The zero-order valence-electron chi connectivity index (χ0n) is 16.6. The molecule has 1 amide bonds. The van der Waals surface area contributed by atoms with E-state index >= 15 is 0 Å². The molecule has 0 bridgehead atoms. The molecule has 29 heavy (non-hydrogen) atoms. The van der Waals surface area contributed by atoms with Gasteiger partial charge in [0.05, 0.1) is 5.41 Å². The lowest BCUT2D eigenvalue weighted by atomic mass is 9.94. The second kappa shape index (κ2) is 6.66. The first-order chi connectivity index (χ1) is 14.0. The maximum absolute atomic E-state index is 13.3. The Hall–Kier alpha value is -3.27. The summed E-state index contributed by atoms with van der Waals surface area (Å²) in [6, 6.07) is 20.5. The number of hydrogen-bond acceptors (Lipinski definition) is 3. The van der Waals surface area contributed by atoms with E-state index in [0.29, 0.717) is 0 Å². The smallest absolute Gasteiger partial charge is 0.235 e. The lowest BCUT2D eigenvalue weighted by molar-refractivity contribution is -0.118. The van der Waals surface area contributed by atoms with Gasteiger partial charge in [0.25, 0.3) is 0 Å². The number of benzene rings is 3. The molecule has 3 aromatic carbocycles. The highest BCUT2D eigenvalue weighted by Gasteiger charge is 2.51. The van der Waals surface area contributed by atoms with Gasteiger partial charge < -0.3 is 14.8 Å². The monoisotopic (exact) mass is 385 g/mol. The van der Waals surface area contributed by atoms with Crippen molar-refractivity contribution >= 4 is 11.6 Å². The largest absolute Gasteiger partial charge is 0.454 e. The minimum Gasteiger partial charge on any atom is -0.454 e. The Morgan fingerprint density at radius 2 is 1.69 bits per heavy atom. The second-order valence-electron chi connectivity index (χ2n) is 8.00. The first-order valence-corrected chi connectivity index (χ1v) is 9.94.